The summed E-state index contributed by atoms with van der Waals surface area (Å²) in [5, 5.41) is 9.85. The van der Waals surface area contributed by atoms with Crippen LogP contribution >= 0.6 is 0 Å². The van der Waals surface area contributed by atoms with Crippen LogP contribution in [0.25, 0.3) is 98.8 Å². The second-order valence-corrected chi connectivity index (χ2v) is 12.8. The fourth-order valence-corrected chi connectivity index (χ4v) is 7.85. The molecule has 0 saturated heterocycles. The monoisotopic (exact) mass is 622 g/mol. The molecule has 0 spiro atoms. The predicted molar refractivity (Wildman–Crippen MR) is 208 cm³/mol. The molecule has 0 radical (unpaired) electrons. The maximum Gasteiger partial charge on any atom is 0.135 e. The Morgan fingerprint density at radius 2 is 0.714 bits per heavy atom. The van der Waals surface area contributed by atoms with E-state index in [0.29, 0.717) is 0 Å². The Balaban J connectivity index is 1.16. The number of hydrogen-bond acceptors (Lipinski definition) is 1. The Morgan fingerprint density at radius 1 is 0.245 bits per heavy atom. The topological polar surface area (TPSA) is 13.1 Å². The third-order valence-corrected chi connectivity index (χ3v) is 10.1. The average molecular weight is 623 g/mol. The van der Waals surface area contributed by atoms with Crippen LogP contribution in [0.15, 0.2) is 186 Å². The first-order chi connectivity index (χ1) is 24.3. The first-order valence-corrected chi connectivity index (χ1v) is 16.8. The van der Waals surface area contributed by atoms with E-state index in [1.54, 1.807) is 0 Å². The molecule has 0 fully saturated rings. The lowest BCUT2D eigenvalue weighted by atomic mass is 9.83. The molecule has 1 heteroatoms. The average Bonchev–Trinajstić information content (AvgIpc) is 3.55. The first-order valence-electron chi connectivity index (χ1n) is 16.8. The summed E-state index contributed by atoms with van der Waals surface area (Å²) in [6.07, 6.45) is 0. The molecule has 9 aromatic carbocycles. The number of furan rings is 1. The molecule has 1 aromatic heterocycles. The number of fused-ring (bicyclic) bond motifs is 6. The van der Waals surface area contributed by atoms with Gasteiger partial charge in [0.1, 0.15) is 11.2 Å². The normalized spacial score (nSPS) is 11.7. The van der Waals surface area contributed by atoms with E-state index in [1.807, 2.05) is 12.1 Å². The summed E-state index contributed by atoms with van der Waals surface area (Å²) < 4.78 is 6.09. The lowest BCUT2D eigenvalue weighted by molar-refractivity contribution is 0.669. The zero-order valence-corrected chi connectivity index (χ0v) is 26.7. The van der Waals surface area contributed by atoms with Crippen LogP contribution in [-0.2, 0) is 0 Å². The predicted octanol–water partition coefficient (Wildman–Crippen LogP) is 13.7. The van der Waals surface area contributed by atoms with Crippen LogP contribution in [0.5, 0.6) is 0 Å². The largest absolute Gasteiger partial charge is 0.456 e. The molecule has 0 aliphatic heterocycles. The molecule has 10 aromatic rings. The molecule has 0 amide bonds. The summed E-state index contributed by atoms with van der Waals surface area (Å²) in [5.41, 5.74) is 11.7. The van der Waals surface area contributed by atoms with E-state index in [0.717, 1.165) is 21.9 Å². The van der Waals surface area contributed by atoms with Gasteiger partial charge in [0.15, 0.2) is 0 Å². The van der Waals surface area contributed by atoms with Crippen molar-refractivity contribution in [1.82, 2.24) is 0 Å². The van der Waals surface area contributed by atoms with Gasteiger partial charge in [0, 0.05) is 10.8 Å². The van der Waals surface area contributed by atoms with Gasteiger partial charge in [0.05, 0.1) is 0 Å². The number of para-hydroxylation sites is 1. The van der Waals surface area contributed by atoms with Crippen LogP contribution in [0, 0.1) is 0 Å². The second kappa shape index (κ2) is 11.1. The third-order valence-electron chi connectivity index (χ3n) is 10.1. The highest BCUT2D eigenvalue weighted by molar-refractivity contribution is 6.24. The van der Waals surface area contributed by atoms with Crippen molar-refractivity contribution >= 4 is 54.3 Å². The molecule has 0 aliphatic carbocycles. The minimum absolute atomic E-state index is 0.919. The molecule has 0 unspecified atom stereocenters. The molecule has 0 N–H and O–H groups in total. The zero-order chi connectivity index (χ0) is 32.3. The van der Waals surface area contributed by atoms with Crippen molar-refractivity contribution in [2.75, 3.05) is 0 Å². The standard InChI is InChI=1S/C48H30O/c1-2-12-32(13-3-1)35-27-28-43(37-15-5-4-14-36(35)37)48-41-19-8-6-17-39(41)47(40-18-7-9-20-42(40)48)33-24-22-31(23-25-33)34-26-29-46-44(30-34)38-16-10-11-21-45(38)49-46/h1-30H. The Hall–Kier alpha value is -6.44. The Morgan fingerprint density at radius 3 is 1.39 bits per heavy atom. The van der Waals surface area contributed by atoms with Gasteiger partial charge >= 0.3 is 0 Å². The minimum Gasteiger partial charge on any atom is -0.456 e. The van der Waals surface area contributed by atoms with Gasteiger partial charge in [-0.1, -0.05) is 164 Å². The fraction of sp³-hybridized carbons (Fsp3) is 0. The summed E-state index contributed by atoms with van der Waals surface area (Å²) in [4.78, 5) is 0. The van der Waals surface area contributed by atoms with Gasteiger partial charge in [0.2, 0.25) is 0 Å². The highest BCUT2D eigenvalue weighted by Gasteiger charge is 2.19. The molecule has 10 rings (SSSR count). The summed E-state index contributed by atoms with van der Waals surface area (Å²) in [6, 6.07) is 65.8. The van der Waals surface area contributed by atoms with Crippen LogP contribution in [0.1, 0.15) is 0 Å². The summed E-state index contributed by atoms with van der Waals surface area (Å²) in [6.45, 7) is 0. The summed E-state index contributed by atoms with van der Waals surface area (Å²) in [5.74, 6) is 0. The maximum absolute atomic E-state index is 6.09. The van der Waals surface area contributed by atoms with Crippen molar-refractivity contribution in [3.63, 3.8) is 0 Å². The van der Waals surface area contributed by atoms with E-state index in [2.05, 4.69) is 170 Å². The van der Waals surface area contributed by atoms with Crippen LogP contribution in [0.2, 0.25) is 0 Å². The SMILES string of the molecule is c1ccc(-c2ccc(-c3c4ccccc4c(-c4ccc(-c5ccc6oc7ccccc7c6c5)cc4)c4ccccc34)c3ccccc23)cc1. The van der Waals surface area contributed by atoms with Gasteiger partial charge in [-0.25, -0.2) is 0 Å². The molecule has 0 saturated carbocycles. The summed E-state index contributed by atoms with van der Waals surface area (Å²) in [7, 11) is 0. The van der Waals surface area contributed by atoms with Gasteiger partial charge in [-0.15, -0.1) is 0 Å². The van der Waals surface area contributed by atoms with Gasteiger partial charge in [-0.3, -0.25) is 0 Å². The number of hydrogen-bond donors (Lipinski definition) is 0. The Labute approximate surface area is 284 Å². The minimum atomic E-state index is 0.919. The molecule has 0 atom stereocenters. The maximum atomic E-state index is 6.09. The Bertz CT molecular complexity index is 2800. The molecular weight excluding hydrogens is 593 g/mol. The second-order valence-electron chi connectivity index (χ2n) is 12.8. The lowest BCUT2D eigenvalue weighted by Crippen LogP contribution is -1.92. The van der Waals surface area contributed by atoms with Gasteiger partial charge in [-0.2, -0.15) is 0 Å². The van der Waals surface area contributed by atoms with Gasteiger partial charge in [0.25, 0.3) is 0 Å². The van der Waals surface area contributed by atoms with Crippen LogP contribution < -0.4 is 0 Å². The van der Waals surface area contributed by atoms with Crippen molar-refractivity contribution in [3.05, 3.63) is 182 Å². The van der Waals surface area contributed by atoms with E-state index in [-0.39, 0.29) is 0 Å². The highest BCUT2D eigenvalue weighted by Crippen LogP contribution is 2.46. The van der Waals surface area contributed by atoms with Crippen LogP contribution in [-0.4, -0.2) is 0 Å². The lowest BCUT2D eigenvalue weighted by Gasteiger charge is -2.20. The van der Waals surface area contributed by atoms with Crippen molar-refractivity contribution in [2.24, 2.45) is 0 Å². The van der Waals surface area contributed by atoms with E-state index >= 15 is 0 Å². The van der Waals surface area contributed by atoms with E-state index in [9.17, 15) is 0 Å². The van der Waals surface area contributed by atoms with Crippen molar-refractivity contribution in [1.29, 1.82) is 0 Å². The van der Waals surface area contributed by atoms with Crippen molar-refractivity contribution in [3.8, 4) is 44.5 Å². The van der Waals surface area contributed by atoms with Crippen molar-refractivity contribution in [2.45, 2.75) is 0 Å². The molecule has 228 valence electrons. The van der Waals surface area contributed by atoms with Crippen molar-refractivity contribution < 1.29 is 4.42 Å². The summed E-state index contributed by atoms with van der Waals surface area (Å²) >= 11 is 0. The number of benzene rings is 9. The van der Waals surface area contributed by atoms with E-state index < -0.39 is 0 Å². The molecule has 0 bridgehead atoms. The molecular formula is C48H30O. The first kappa shape index (κ1) is 27.7. The van der Waals surface area contributed by atoms with Gasteiger partial charge < -0.3 is 4.42 Å². The molecule has 1 nitrogen and oxygen atoms in total. The molecule has 49 heavy (non-hydrogen) atoms. The van der Waals surface area contributed by atoms with Crippen LogP contribution in [0.3, 0.4) is 0 Å². The zero-order valence-electron chi connectivity index (χ0n) is 26.7. The third kappa shape index (κ3) is 4.40. The van der Waals surface area contributed by atoms with E-state index in [1.165, 1.54) is 76.8 Å². The number of rotatable bonds is 4. The van der Waals surface area contributed by atoms with Gasteiger partial charge in [-0.05, 0) is 95.0 Å². The van der Waals surface area contributed by atoms with E-state index in [4.69, 9.17) is 4.42 Å². The Kier molecular flexibility index (Phi) is 6.25. The fourth-order valence-electron chi connectivity index (χ4n) is 7.85. The van der Waals surface area contributed by atoms with Crippen LogP contribution in [0.4, 0.5) is 0 Å². The smallest absolute Gasteiger partial charge is 0.135 e. The molecule has 0 aliphatic rings. The highest BCUT2D eigenvalue weighted by atomic mass is 16.3. The quantitative estimate of drug-likeness (QED) is 0.178. The molecule has 1 heterocycles.